The predicted octanol–water partition coefficient (Wildman–Crippen LogP) is 2.17. The summed E-state index contributed by atoms with van der Waals surface area (Å²) < 4.78 is 5.51. The van der Waals surface area contributed by atoms with E-state index in [0.29, 0.717) is 5.02 Å². The lowest BCUT2D eigenvalue weighted by Gasteiger charge is -2.11. The summed E-state index contributed by atoms with van der Waals surface area (Å²) in [6, 6.07) is 7.19. The molecule has 2 unspecified atom stereocenters. The Labute approximate surface area is 111 Å². The highest BCUT2D eigenvalue weighted by Crippen LogP contribution is 2.20. The maximum atomic E-state index is 11.6. The second-order valence-electron chi connectivity index (χ2n) is 4.56. The third kappa shape index (κ3) is 3.98. The van der Waals surface area contributed by atoms with Crippen molar-refractivity contribution in [3.05, 3.63) is 29.3 Å². The Morgan fingerprint density at radius 3 is 2.72 bits per heavy atom. The Kier molecular flexibility index (Phi) is 4.58. The molecule has 0 saturated heterocycles. The summed E-state index contributed by atoms with van der Waals surface area (Å²) in [7, 11) is 0. The topological polar surface area (TPSA) is 64.3 Å². The van der Waals surface area contributed by atoms with Gasteiger partial charge in [0.25, 0.3) is 0 Å². The van der Waals surface area contributed by atoms with Crippen LogP contribution in [0.5, 0.6) is 0 Å². The molecule has 4 nitrogen and oxygen atoms in total. The number of carbonyl (C=O) groups is 1. The SMILES string of the molecule is NC1CCC(OCC(=O)Nc2ccc(Cl)cc2)C1. The number of nitrogens with one attached hydrogen (secondary N) is 1. The van der Waals surface area contributed by atoms with Crippen molar-refractivity contribution in [2.75, 3.05) is 11.9 Å². The maximum Gasteiger partial charge on any atom is 0.250 e. The van der Waals surface area contributed by atoms with Crippen LogP contribution in [-0.4, -0.2) is 24.7 Å². The highest BCUT2D eigenvalue weighted by atomic mass is 35.5. The number of benzene rings is 1. The number of nitrogens with two attached hydrogens (primary N) is 1. The fraction of sp³-hybridized carbons (Fsp3) is 0.462. The van der Waals surface area contributed by atoms with Gasteiger partial charge >= 0.3 is 0 Å². The van der Waals surface area contributed by atoms with Crippen molar-refractivity contribution < 1.29 is 9.53 Å². The molecular formula is C13H17ClN2O2. The van der Waals surface area contributed by atoms with Crippen LogP contribution in [0, 0.1) is 0 Å². The quantitative estimate of drug-likeness (QED) is 0.880. The lowest BCUT2D eigenvalue weighted by molar-refractivity contribution is -0.122. The van der Waals surface area contributed by atoms with Crippen molar-refractivity contribution in [2.45, 2.75) is 31.4 Å². The smallest absolute Gasteiger partial charge is 0.250 e. The zero-order valence-electron chi connectivity index (χ0n) is 10.1. The van der Waals surface area contributed by atoms with Crippen LogP contribution in [0.15, 0.2) is 24.3 Å². The van der Waals surface area contributed by atoms with Gasteiger partial charge in [-0.3, -0.25) is 4.79 Å². The zero-order valence-corrected chi connectivity index (χ0v) is 10.8. The van der Waals surface area contributed by atoms with Crippen molar-refractivity contribution in [2.24, 2.45) is 5.73 Å². The van der Waals surface area contributed by atoms with Crippen LogP contribution in [0.1, 0.15) is 19.3 Å². The largest absolute Gasteiger partial charge is 0.368 e. The van der Waals surface area contributed by atoms with Gasteiger partial charge in [0.1, 0.15) is 6.61 Å². The van der Waals surface area contributed by atoms with Crippen molar-refractivity contribution in [3.63, 3.8) is 0 Å². The molecule has 18 heavy (non-hydrogen) atoms. The number of carbonyl (C=O) groups excluding carboxylic acids is 1. The second kappa shape index (κ2) is 6.18. The standard InChI is InChI=1S/C13H17ClN2O2/c14-9-1-4-11(5-2-9)16-13(17)8-18-12-6-3-10(15)7-12/h1-2,4-5,10,12H,3,6-8,15H2,(H,16,17). The number of hydrogen-bond donors (Lipinski definition) is 2. The van der Waals surface area contributed by atoms with Crippen molar-refractivity contribution in [3.8, 4) is 0 Å². The van der Waals surface area contributed by atoms with E-state index in [1.807, 2.05) is 0 Å². The third-order valence-electron chi connectivity index (χ3n) is 3.00. The van der Waals surface area contributed by atoms with Gasteiger partial charge in [-0.05, 0) is 43.5 Å². The molecule has 0 spiro atoms. The molecule has 1 aliphatic rings. The molecular weight excluding hydrogens is 252 g/mol. The van der Waals surface area contributed by atoms with Crippen LogP contribution in [0.4, 0.5) is 5.69 Å². The van der Waals surface area contributed by atoms with Gasteiger partial charge in [-0.2, -0.15) is 0 Å². The van der Waals surface area contributed by atoms with Gasteiger partial charge in [0, 0.05) is 16.8 Å². The summed E-state index contributed by atoms with van der Waals surface area (Å²) in [5.74, 6) is -0.155. The minimum atomic E-state index is -0.155. The van der Waals surface area contributed by atoms with Gasteiger partial charge in [-0.15, -0.1) is 0 Å². The van der Waals surface area contributed by atoms with E-state index in [9.17, 15) is 4.79 Å². The highest BCUT2D eigenvalue weighted by molar-refractivity contribution is 6.30. The molecule has 1 amide bonds. The normalized spacial score (nSPS) is 23.0. The summed E-state index contributed by atoms with van der Waals surface area (Å²) in [4.78, 5) is 11.6. The van der Waals surface area contributed by atoms with E-state index in [2.05, 4.69) is 5.32 Å². The molecule has 0 radical (unpaired) electrons. The average Bonchev–Trinajstić information content (AvgIpc) is 2.76. The van der Waals surface area contributed by atoms with Crippen molar-refractivity contribution >= 4 is 23.2 Å². The summed E-state index contributed by atoms with van der Waals surface area (Å²) in [6.45, 7) is 0.0695. The summed E-state index contributed by atoms with van der Waals surface area (Å²) >= 11 is 5.76. The molecule has 1 aromatic rings. The van der Waals surface area contributed by atoms with E-state index in [1.54, 1.807) is 24.3 Å². The lowest BCUT2D eigenvalue weighted by atomic mass is 10.3. The Balaban J connectivity index is 1.73. The van der Waals surface area contributed by atoms with E-state index in [0.717, 1.165) is 24.9 Å². The van der Waals surface area contributed by atoms with Gasteiger partial charge in [0.2, 0.25) is 5.91 Å². The van der Waals surface area contributed by atoms with Crippen LogP contribution in [0.3, 0.4) is 0 Å². The first-order chi connectivity index (χ1) is 8.63. The van der Waals surface area contributed by atoms with E-state index in [4.69, 9.17) is 22.1 Å². The van der Waals surface area contributed by atoms with E-state index < -0.39 is 0 Å². The van der Waals surface area contributed by atoms with Gasteiger partial charge < -0.3 is 15.8 Å². The number of ether oxygens (including phenoxy) is 1. The molecule has 2 atom stereocenters. The van der Waals surface area contributed by atoms with Crippen LogP contribution in [0.2, 0.25) is 5.02 Å². The summed E-state index contributed by atoms with van der Waals surface area (Å²) in [5.41, 5.74) is 6.49. The molecule has 1 aromatic carbocycles. The lowest BCUT2D eigenvalue weighted by Crippen LogP contribution is -2.23. The minimum Gasteiger partial charge on any atom is -0.368 e. The van der Waals surface area contributed by atoms with E-state index in [-0.39, 0.29) is 24.7 Å². The van der Waals surface area contributed by atoms with E-state index in [1.165, 1.54) is 0 Å². The van der Waals surface area contributed by atoms with Crippen LogP contribution in [-0.2, 0) is 9.53 Å². The molecule has 1 saturated carbocycles. The van der Waals surface area contributed by atoms with Gasteiger partial charge in [-0.1, -0.05) is 11.6 Å². The molecule has 1 fully saturated rings. The molecule has 5 heteroatoms. The van der Waals surface area contributed by atoms with Crippen LogP contribution in [0.25, 0.3) is 0 Å². The molecule has 0 aliphatic heterocycles. The maximum absolute atomic E-state index is 11.6. The van der Waals surface area contributed by atoms with Crippen molar-refractivity contribution in [1.29, 1.82) is 0 Å². The first-order valence-corrected chi connectivity index (χ1v) is 6.44. The molecule has 0 aromatic heterocycles. The minimum absolute atomic E-state index is 0.0695. The number of amides is 1. The molecule has 0 bridgehead atoms. The van der Waals surface area contributed by atoms with E-state index >= 15 is 0 Å². The Hall–Kier alpha value is -1.10. The summed E-state index contributed by atoms with van der Waals surface area (Å²) in [6.07, 6.45) is 2.88. The Morgan fingerprint density at radius 1 is 1.39 bits per heavy atom. The fourth-order valence-electron chi connectivity index (χ4n) is 2.05. The first-order valence-electron chi connectivity index (χ1n) is 6.06. The van der Waals surface area contributed by atoms with Crippen LogP contribution < -0.4 is 11.1 Å². The van der Waals surface area contributed by atoms with Crippen molar-refractivity contribution in [1.82, 2.24) is 0 Å². The monoisotopic (exact) mass is 268 g/mol. The number of halogens is 1. The molecule has 98 valence electrons. The Morgan fingerprint density at radius 2 is 2.11 bits per heavy atom. The van der Waals surface area contributed by atoms with Gasteiger partial charge in [0.05, 0.1) is 6.10 Å². The fourth-order valence-corrected chi connectivity index (χ4v) is 2.17. The van der Waals surface area contributed by atoms with Gasteiger partial charge in [-0.25, -0.2) is 0 Å². The highest BCUT2D eigenvalue weighted by Gasteiger charge is 2.22. The Bertz CT molecular complexity index is 408. The van der Waals surface area contributed by atoms with Gasteiger partial charge in [0.15, 0.2) is 0 Å². The third-order valence-corrected chi connectivity index (χ3v) is 3.26. The second-order valence-corrected chi connectivity index (χ2v) is 5.00. The first kappa shape index (κ1) is 13.3. The molecule has 2 rings (SSSR count). The zero-order chi connectivity index (χ0) is 13.0. The summed E-state index contributed by atoms with van der Waals surface area (Å²) in [5, 5.41) is 3.39. The number of rotatable bonds is 4. The molecule has 0 heterocycles. The predicted molar refractivity (Wildman–Crippen MR) is 71.6 cm³/mol. The van der Waals surface area contributed by atoms with Crippen LogP contribution >= 0.6 is 11.6 Å². The molecule has 3 N–H and O–H groups in total. The molecule has 1 aliphatic carbocycles. The number of hydrogen-bond acceptors (Lipinski definition) is 3. The number of anilines is 1. The average molecular weight is 269 g/mol.